The maximum atomic E-state index is 4.90. The zero-order valence-electron chi connectivity index (χ0n) is 13.1. The molecular weight excluding hydrogens is 280 g/mol. The first kappa shape index (κ1) is 13.8. The molecule has 0 radical (unpaired) electrons. The highest BCUT2D eigenvalue weighted by atomic mass is 15.5. The van der Waals surface area contributed by atoms with E-state index in [1.54, 1.807) is 0 Å². The zero-order chi connectivity index (χ0) is 15.6. The first-order valence-electron chi connectivity index (χ1n) is 7.89. The highest BCUT2D eigenvalue weighted by Crippen LogP contribution is 2.40. The lowest BCUT2D eigenvalue weighted by Crippen LogP contribution is -2.25. The third kappa shape index (κ3) is 2.42. The van der Waals surface area contributed by atoms with Gasteiger partial charge in [-0.05, 0) is 36.2 Å². The Bertz CT molecular complexity index is 838. The molecule has 0 spiro atoms. The van der Waals surface area contributed by atoms with Gasteiger partial charge in [0.1, 0.15) is 0 Å². The number of benzene rings is 3. The molecule has 1 heterocycles. The topological polar surface area (TPSA) is 15.6 Å². The van der Waals surface area contributed by atoms with Gasteiger partial charge in [-0.2, -0.15) is 5.10 Å². The number of hydrazone groups is 1. The lowest BCUT2D eigenvalue weighted by Gasteiger charge is -2.32. The van der Waals surface area contributed by atoms with E-state index < -0.39 is 0 Å². The van der Waals surface area contributed by atoms with Gasteiger partial charge in [-0.15, -0.1) is 0 Å². The SMILES string of the molecule is CC1=NN(c2ccccc2)c2ccccc2C1c1ccccc1. The molecule has 2 nitrogen and oxygen atoms in total. The van der Waals surface area contributed by atoms with Crippen molar-refractivity contribution in [1.82, 2.24) is 0 Å². The van der Waals surface area contributed by atoms with Crippen molar-refractivity contribution in [2.45, 2.75) is 12.8 Å². The molecule has 0 saturated heterocycles. The van der Waals surface area contributed by atoms with Gasteiger partial charge >= 0.3 is 0 Å². The molecule has 0 bridgehead atoms. The van der Waals surface area contributed by atoms with Crippen LogP contribution in [0, 0.1) is 0 Å². The van der Waals surface area contributed by atoms with Gasteiger partial charge in [-0.1, -0.05) is 66.7 Å². The molecule has 0 N–H and O–H groups in total. The van der Waals surface area contributed by atoms with Gasteiger partial charge in [-0.25, -0.2) is 5.01 Å². The minimum Gasteiger partial charge on any atom is -0.233 e. The van der Waals surface area contributed by atoms with Gasteiger partial charge in [0.25, 0.3) is 0 Å². The van der Waals surface area contributed by atoms with E-state index in [-0.39, 0.29) is 5.92 Å². The monoisotopic (exact) mass is 298 g/mol. The summed E-state index contributed by atoms with van der Waals surface area (Å²) in [5.74, 6) is 0.215. The van der Waals surface area contributed by atoms with E-state index in [0.29, 0.717) is 0 Å². The Morgan fingerprint density at radius 2 is 1.35 bits per heavy atom. The second kappa shape index (κ2) is 5.73. The molecule has 0 saturated carbocycles. The van der Waals surface area contributed by atoms with E-state index in [9.17, 15) is 0 Å². The lowest BCUT2D eigenvalue weighted by molar-refractivity contribution is 0.947. The standard InChI is InChI=1S/C21H18N2/c1-16-21(17-10-4-2-5-11-17)19-14-8-9-15-20(19)23(22-16)18-12-6-3-7-13-18/h2-15,21H,1H3. The summed E-state index contributed by atoms with van der Waals surface area (Å²) < 4.78 is 0. The number of rotatable bonds is 2. The van der Waals surface area contributed by atoms with Gasteiger partial charge in [0, 0.05) is 5.71 Å². The summed E-state index contributed by atoms with van der Waals surface area (Å²) in [6.45, 7) is 2.11. The van der Waals surface area contributed by atoms with E-state index >= 15 is 0 Å². The number of anilines is 2. The Morgan fingerprint density at radius 1 is 0.739 bits per heavy atom. The number of hydrogen-bond acceptors (Lipinski definition) is 2. The normalized spacial score (nSPS) is 16.7. The summed E-state index contributed by atoms with van der Waals surface area (Å²) in [5.41, 5.74) is 5.94. The van der Waals surface area contributed by atoms with Gasteiger partial charge < -0.3 is 0 Å². The van der Waals surface area contributed by atoms with Crippen molar-refractivity contribution in [2.75, 3.05) is 5.01 Å². The largest absolute Gasteiger partial charge is 0.233 e. The molecule has 1 aliphatic heterocycles. The number of hydrogen-bond donors (Lipinski definition) is 0. The first-order valence-corrected chi connectivity index (χ1v) is 7.89. The van der Waals surface area contributed by atoms with E-state index in [2.05, 4.69) is 73.7 Å². The van der Waals surface area contributed by atoms with Crippen LogP contribution in [0.15, 0.2) is 90.0 Å². The Hall–Kier alpha value is -2.87. The molecule has 3 aromatic carbocycles. The van der Waals surface area contributed by atoms with Crippen molar-refractivity contribution in [3.63, 3.8) is 0 Å². The molecule has 0 fully saturated rings. The summed E-state index contributed by atoms with van der Waals surface area (Å²) in [5, 5.41) is 6.95. The van der Waals surface area contributed by atoms with Gasteiger partial charge in [-0.3, -0.25) is 0 Å². The van der Waals surface area contributed by atoms with Crippen molar-refractivity contribution < 1.29 is 0 Å². The average molecular weight is 298 g/mol. The number of nitrogens with zero attached hydrogens (tertiary/aromatic N) is 2. The van der Waals surface area contributed by atoms with Gasteiger partial charge in [0.05, 0.1) is 17.3 Å². The van der Waals surface area contributed by atoms with Gasteiger partial charge in [0.15, 0.2) is 0 Å². The maximum absolute atomic E-state index is 4.90. The van der Waals surface area contributed by atoms with Crippen LogP contribution in [0.4, 0.5) is 11.4 Å². The van der Waals surface area contributed by atoms with Gasteiger partial charge in [0.2, 0.25) is 0 Å². The van der Waals surface area contributed by atoms with Crippen LogP contribution < -0.4 is 5.01 Å². The van der Waals surface area contributed by atoms with Crippen molar-refractivity contribution in [3.05, 3.63) is 96.1 Å². The molecule has 3 aromatic rings. The Kier molecular flexibility index (Phi) is 3.43. The smallest absolute Gasteiger partial charge is 0.0694 e. The molecule has 1 aliphatic rings. The minimum absolute atomic E-state index is 0.215. The first-order chi connectivity index (χ1) is 11.3. The third-order valence-corrected chi connectivity index (χ3v) is 4.29. The second-order valence-electron chi connectivity index (χ2n) is 5.79. The van der Waals surface area contributed by atoms with E-state index in [1.807, 2.05) is 23.2 Å². The fourth-order valence-electron chi connectivity index (χ4n) is 3.25. The molecule has 23 heavy (non-hydrogen) atoms. The summed E-state index contributed by atoms with van der Waals surface area (Å²) in [6, 6.07) is 29.5. The van der Waals surface area contributed by atoms with Crippen molar-refractivity contribution >= 4 is 17.1 Å². The van der Waals surface area contributed by atoms with Crippen LogP contribution >= 0.6 is 0 Å². The average Bonchev–Trinajstić information content (AvgIpc) is 2.62. The van der Waals surface area contributed by atoms with Crippen LogP contribution in [-0.2, 0) is 0 Å². The molecule has 4 rings (SSSR count). The second-order valence-corrected chi connectivity index (χ2v) is 5.79. The summed E-state index contributed by atoms with van der Waals surface area (Å²) in [6.07, 6.45) is 0. The van der Waals surface area contributed by atoms with Crippen molar-refractivity contribution in [2.24, 2.45) is 5.10 Å². The lowest BCUT2D eigenvalue weighted by atomic mass is 9.85. The maximum Gasteiger partial charge on any atom is 0.0694 e. The molecule has 112 valence electrons. The molecule has 0 amide bonds. The zero-order valence-corrected chi connectivity index (χ0v) is 13.1. The van der Waals surface area contributed by atoms with Crippen molar-refractivity contribution in [1.29, 1.82) is 0 Å². The summed E-state index contributed by atoms with van der Waals surface area (Å²) >= 11 is 0. The molecule has 1 atom stereocenters. The van der Waals surface area contributed by atoms with Crippen LogP contribution in [-0.4, -0.2) is 5.71 Å². The molecule has 1 unspecified atom stereocenters. The summed E-state index contributed by atoms with van der Waals surface area (Å²) in [4.78, 5) is 0. The Morgan fingerprint density at radius 3 is 2.09 bits per heavy atom. The van der Waals surface area contributed by atoms with Crippen LogP contribution in [0.25, 0.3) is 0 Å². The minimum atomic E-state index is 0.215. The van der Waals surface area contributed by atoms with Crippen LogP contribution in [0.3, 0.4) is 0 Å². The molecular formula is C21H18N2. The highest BCUT2D eigenvalue weighted by Gasteiger charge is 2.28. The molecule has 0 aliphatic carbocycles. The van der Waals surface area contributed by atoms with E-state index in [1.165, 1.54) is 11.1 Å². The predicted molar refractivity (Wildman–Crippen MR) is 96.4 cm³/mol. The number of para-hydroxylation sites is 2. The Labute approximate surface area is 136 Å². The number of fused-ring (bicyclic) bond motifs is 1. The third-order valence-electron chi connectivity index (χ3n) is 4.29. The van der Waals surface area contributed by atoms with Crippen LogP contribution in [0.2, 0.25) is 0 Å². The van der Waals surface area contributed by atoms with Crippen LogP contribution in [0.5, 0.6) is 0 Å². The van der Waals surface area contributed by atoms with Crippen LogP contribution in [0.1, 0.15) is 24.0 Å². The Balaban J connectivity index is 1.88. The van der Waals surface area contributed by atoms with Crippen molar-refractivity contribution in [3.8, 4) is 0 Å². The fourth-order valence-corrected chi connectivity index (χ4v) is 3.25. The highest BCUT2D eigenvalue weighted by molar-refractivity contribution is 5.97. The fraction of sp³-hybridized carbons (Fsp3) is 0.0952. The molecule has 0 aromatic heterocycles. The summed E-state index contributed by atoms with van der Waals surface area (Å²) in [7, 11) is 0. The van der Waals surface area contributed by atoms with E-state index in [0.717, 1.165) is 17.1 Å². The van der Waals surface area contributed by atoms with E-state index in [4.69, 9.17) is 5.10 Å². The quantitative estimate of drug-likeness (QED) is 0.623. The predicted octanol–water partition coefficient (Wildman–Crippen LogP) is 5.35. The molecule has 2 heteroatoms.